The summed E-state index contributed by atoms with van der Waals surface area (Å²) in [4.78, 5) is 0. The maximum atomic E-state index is 8.37. The number of ether oxygens (including phenoxy) is 1. The number of nitrogens with two attached hydrogens (primary N) is 1. The highest BCUT2D eigenvalue weighted by molar-refractivity contribution is 5.06. The lowest BCUT2D eigenvalue weighted by atomic mass is 10.0. The lowest BCUT2D eigenvalue weighted by Crippen LogP contribution is -2.38. The molecule has 0 amide bonds. The zero-order valence-corrected chi connectivity index (χ0v) is 6.55. The predicted molar refractivity (Wildman–Crippen MR) is 39.3 cm³/mol. The van der Waals surface area contributed by atoms with E-state index in [9.17, 15) is 0 Å². The van der Waals surface area contributed by atoms with E-state index in [4.69, 9.17) is 15.7 Å². The van der Waals surface area contributed by atoms with Gasteiger partial charge in [0.05, 0.1) is 12.7 Å². The minimum atomic E-state index is -0.681. The third-order valence-electron chi connectivity index (χ3n) is 1.27. The Hall–Kier alpha value is -0.590. The highest BCUT2D eigenvalue weighted by Crippen LogP contribution is 2.12. The average Bonchev–Trinajstić information content (AvgIpc) is 2.42. The van der Waals surface area contributed by atoms with Crippen molar-refractivity contribution >= 4 is 0 Å². The first kappa shape index (κ1) is 9.41. The van der Waals surface area contributed by atoms with Crippen LogP contribution in [0.25, 0.3) is 0 Å². The third-order valence-corrected chi connectivity index (χ3v) is 1.27. The molecule has 58 valence electrons. The van der Waals surface area contributed by atoms with Crippen molar-refractivity contribution in [2.24, 2.45) is 5.73 Å². The van der Waals surface area contributed by atoms with Gasteiger partial charge in [-0.1, -0.05) is 13.8 Å². The second-order valence-electron chi connectivity index (χ2n) is 2.07. The fourth-order valence-electron chi connectivity index (χ4n) is 0.669. The van der Waals surface area contributed by atoms with Crippen molar-refractivity contribution in [3.63, 3.8) is 0 Å². The van der Waals surface area contributed by atoms with Gasteiger partial charge in [-0.05, 0) is 0 Å². The Labute approximate surface area is 61.8 Å². The molecule has 3 nitrogen and oxygen atoms in total. The second-order valence-corrected chi connectivity index (χ2v) is 2.07. The van der Waals surface area contributed by atoms with E-state index < -0.39 is 5.54 Å². The van der Waals surface area contributed by atoms with Gasteiger partial charge < -0.3 is 10.5 Å². The summed E-state index contributed by atoms with van der Waals surface area (Å²) in [5.74, 6) is 0. The molecule has 0 aromatic heterocycles. The normalized spacial score (nSPS) is 30.2. The van der Waals surface area contributed by atoms with E-state index in [1.165, 1.54) is 0 Å². The van der Waals surface area contributed by atoms with E-state index in [1.54, 1.807) is 0 Å². The van der Waals surface area contributed by atoms with Gasteiger partial charge in [-0.2, -0.15) is 5.26 Å². The van der Waals surface area contributed by atoms with Crippen LogP contribution in [0.2, 0.25) is 0 Å². The van der Waals surface area contributed by atoms with Gasteiger partial charge in [-0.25, -0.2) is 0 Å². The summed E-state index contributed by atoms with van der Waals surface area (Å²) in [6, 6.07) is 1.99. The summed E-state index contributed by atoms with van der Waals surface area (Å²) >= 11 is 0. The molecule has 1 fully saturated rings. The number of hydrogen-bond donors (Lipinski definition) is 1. The van der Waals surface area contributed by atoms with Crippen molar-refractivity contribution < 1.29 is 4.74 Å². The Kier molecular flexibility index (Phi) is 4.01. The minimum absolute atomic E-state index is 0.392. The quantitative estimate of drug-likeness (QED) is 0.540. The Bertz CT molecular complexity index is 122. The topological polar surface area (TPSA) is 59.0 Å². The maximum absolute atomic E-state index is 8.37. The Morgan fingerprint density at radius 2 is 2.20 bits per heavy atom. The van der Waals surface area contributed by atoms with Crippen LogP contribution in [0.15, 0.2) is 0 Å². The van der Waals surface area contributed by atoms with Crippen LogP contribution in [-0.2, 0) is 4.74 Å². The molecule has 1 rings (SSSR count). The zero-order chi connectivity index (χ0) is 8.04. The van der Waals surface area contributed by atoms with Crippen LogP contribution in [0.1, 0.15) is 20.3 Å². The number of hydrogen-bond acceptors (Lipinski definition) is 3. The molecule has 1 atom stereocenters. The van der Waals surface area contributed by atoms with Crippen molar-refractivity contribution in [1.29, 1.82) is 5.26 Å². The molecule has 0 spiro atoms. The van der Waals surface area contributed by atoms with Gasteiger partial charge in [0.15, 0.2) is 0 Å². The third kappa shape index (κ3) is 2.34. The molecule has 1 unspecified atom stereocenters. The first-order chi connectivity index (χ1) is 4.77. The summed E-state index contributed by atoms with van der Waals surface area (Å²) in [5.41, 5.74) is 4.79. The highest BCUT2D eigenvalue weighted by atomic mass is 16.5. The molecule has 10 heavy (non-hydrogen) atoms. The molecule has 1 aliphatic rings. The van der Waals surface area contributed by atoms with Crippen LogP contribution in [0.3, 0.4) is 0 Å². The van der Waals surface area contributed by atoms with Gasteiger partial charge >= 0.3 is 0 Å². The van der Waals surface area contributed by atoms with Crippen molar-refractivity contribution in [3.8, 4) is 6.07 Å². The van der Waals surface area contributed by atoms with Crippen LogP contribution < -0.4 is 5.73 Å². The van der Waals surface area contributed by atoms with Gasteiger partial charge in [-0.3, -0.25) is 0 Å². The Morgan fingerprint density at radius 3 is 2.40 bits per heavy atom. The van der Waals surface area contributed by atoms with E-state index >= 15 is 0 Å². The summed E-state index contributed by atoms with van der Waals surface area (Å²) < 4.78 is 4.90. The van der Waals surface area contributed by atoms with E-state index in [0.29, 0.717) is 19.6 Å². The lowest BCUT2D eigenvalue weighted by Gasteiger charge is -2.07. The summed E-state index contributed by atoms with van der Waals surface area (Å²) in [6.07, 6.45) is 0.670. The van der Waals surface area contributed by atoms with Gasteiger partial charge in [0.2, 0.25) is 0 Å². The maximum Gasteiger partial charge on any atom is 0.130 e. The van der Waals surface area contributed by atoms with Crippen molar-refractivity contribution in [2.75, 3.05) is 13.2 Å². The minimum Gasteiger partial charge on any atom is -0.378 e. The van der Waals surface area contributed by atoms with E-state index in [2.05, 4.69) is 0 Å². The first-order valence-corrected chi connectivity index (χ1v) is 3.55. The summed E-state index contributed by atoms with van der Waals surface area (Å²) in [7, 11) is 0. The van der Waals surface area contributed by atoms with Crippen LogP contribution in [0.5, 0.6) is 0 Å². The van der Waals surface area contributed by atoms with Crippen molar-refractivity contribution in [2.45, 2.75) is 25.8 Å². The number of rotatable bonds is 0. The monoisotopic (exact) mass is 142 g/mol. The molecule has 1 saturated heterocycles. The van der Waals surface area contributed by atoms with Gasteiger partial charge in [-0.15, -0.1) is 0 Å². The molecule has 0 saturated carbocycles. The molecule has 1 heterocycles. The standard InChI is InChI=1S/C5H8N2O.C2H6/c6-3-5(7)1-2-8-4-5;1-2/h1-2,4,7H2;1-2H3. The van der Waals surface area contributed by atoms with Gasteiger partial charge in [0, 0.05) is 13.0 Å². The van der Waals surface area contributed by atoms with Gasteiger partial charge in [0.1, 0.15) is 5.54 Å². The van der Waals surface area contributed by atoms with E-state index in [0.717, 1.165) is 0 Å². The van der Waals surface area contributed by atoms with Crippen LogP contribution in [0, 0.1) is 11.3 Å². The van der Waals surface area contributed by atoms with Crippen molar-refractivity contribution in [3.05, 3.63) is 0 Å². The van der Waals surface area contributed by atoms with Gasteiger partial charge in [0.25, 0.3) is 0 Å². The Balaban J connectivity index is 0.000000371. The molecule has 0 bridgehead atoms. The smallest absolute Gasteiger partial charge is 0.130 e. The molecule has 3 heteroatoms. The molecule has 0 aliphatic carbocycles. The van der Waals surface area contributed by atoms with E-state index in [1.807, 2.05) is 19.9 Å². The predicted octanol–water partition coefficient (Wildman–Crippen LogP) is 0.654. The highest BCUT2D eigenvalue weighted by Gasteiger charge is 2.29. The molecular formula is C7H14N2O. The van der Waals surface area contributed by atoms with Crippen LogP contribution >= 0.6 is 0 Å². The molecular weight excluding hydrogens is 128 g/mol. The second kappa shape index (κ2) is 4.26. The largest absolute Gasteiger partial charge is 0.378 e. The fourth-order valence-corrected chi connectivity index (χ4v) is 0.669. The van der Waals surface area contributed by atoms with Crippen molar-refractivity contribution in [1.82, 2.24) is 0 Å². The molecule has 2 N–H and O–H groups in total. The average molecular weight is 142 g/mol. The SMILES string of the molecule is CC.N#CC1(N)CCOC1. The fraction of sp³-hybridized carbons (Fsp3) is 0.857. The molecule has 0 aromatic carbocycles. The molecule has 0 radical (unpaired) electrons. The Morgan fingerprint density at radius 1 is 1.60 bits per heavy atom. The van der Waals surface area contributed by atoms with Crippen LogP contribution in [-0.4, -0.2) is 18.8 Å². The lowest BCUT2D eigenvalue weighted by molar-refractivity contribution is 0.187. The summed E-state index contributed by atoms with van der Waals surface area (Å²) in [6.45, 7) is 5.02. The first-order valence-electron chi connectivity index (χ1n) is 3.55. The van der Waals surface area contributed by atoms with Crippen LogP contribution in [0.4, 0.5) is 0 Å². The zero-order valence-electron chi connectivity index (χ0n) is 6.55. The summed E-state index contributed by atoms with van der Waals surface area (Å²) in [5, 5.41) is 8.37. The molecule has 0 aromatic rings. The van der Waals surface area contributed by atoms with E-state index in [-0.39, 0.29) is 0 Å². The molecule has 1 aliphatic heterocycles. The number of nitrogens with zero attached hydrogens (tertiary/aromatic N) is 1. The number of nitriles is 1.